The first-order valence-electron chi connectivity index (χ1n) is 40.1. The lowest BCUT2D eigenvalue weighted by atomic mass is 9.83. The van der Waals surface area contributed by atoms with E-state index in [0.29, 0.717) is 34.9 Å². The average Bonchev–Trinajstić information content (AvgIpc) is 1.56. The SMILES string of the molecule is C1=CC2c3c(cccc3-c3nc(-c4ccccc4)nc(-c4ccc(-c5ccccc5)cc4)n3)OC2c2c1n(-c1ccc(-c3cccc(-c4ccccc4)c3)cc1)c1ccccc21.C1=CC2c3c(cccc3-c3nc(-c4ccccc4)nc(-c4ccccc4)n3)OC2c2c1n(-c1ccc(-c3cccc(-c4ccccc4)c3)cc1)c1ccccc21. The molecule has 0 amide bonds. The van der Waals surface area contributed by atoms with Crippen LogP contribution in [0.4, 0.5) is 0 Å². The zero-order valence-corrected chi connectivity index (χ0v) is 64.0. The van der Waals surface area contributed by atoms with E-state index < -0.39 is 0 Å². The number of nitrogens with zero attached hydrogens (tertiary/aromatic N) is 8. The van der Waals surface area contributed by atoms with Crippen LogP contribution in [0.5, 0.6) is 11.5 Å². The summed E-state index contributed by atoms with van der Waals surface area (Å²) in [5.74, 6) is 5.44. The van der Waals surface area contributed by atoms with Crippen molar-refractivity contribution < 1.29 is 9.47 Å². The summed E-state index contributed by atoms with van der Waals surface area (Å²) in [6.45, 7) is 0. The molecule has 4 aromatic heterocycles. The number of para-hydroxylation sites is 2. The van der Waals surface area contributed by atoms with Crippen molar-refractivity contribution in [1.29, 1.82) is 0 Å². The molecule has 10 nitrogen and oxygen atoms in total. The molecule has 0 bridgehead atoms. The predicted molar refractivity (Wildman–Crippen MR) is 476 cm³/mol. The van der Waals surface area contributed by atoms with E-state index in [4.69, 9.17) is 39.4 Å². The molecule has 2 aliphatic heterocycles. The van der Waals surface area contributed by atoms with Crippen molar-refractivity contribution in [3.8, 4) is 147 Å². The zero-order chi connectivity index (χ0) is 78.0. The van der Waals surface area contributed by atoms with Crippen molar-refractivity contribution in [2.24, 2.45) is 0 Å². The Balaban J connectivity index is 0.000000143. The van der Waals surface area contributed by atoms with Crippen LogP contribution in [0.1, 0.15) is 57.7 Å². The van der Waals surface area contributed by atoms with Crippen LogP contribution in [-0.4, -0.2) is 39.0 Å². The summed E-state index contributed by atoms with van der Waals surface area (Å²) in [5, 5.41) is 2.37. The van der Waals surface area contributed by atoms with Gasteiger partial charge in [-0.05, 0) is 128 Å². The van der Waals surface area contributed by atoms with Gasteiger partial charge in [0.15, 0.2) is 34.9 Å². The Bertz CT molecular complexity index is 7030. The smallest absolute Gasteiger partial charge is 0.164 e. The van der Waals surface area contributed by atoms with Gasteiger partial charge < -0.3 is 18.6 Å². The molecule has 0 radical (unpaired) electrons. The standard InChI is InChI=1S/C57H38N4O.C51H34N4O/c1-4-14-37(15-5-1)39-26-28-42(29-27-39)56-58-55(41-18-8-3-9-19-41)59-57(60-56)48-23-13-25-51-52(48)47-34-35-50-53(54(47)62-51)46-22-10-11-24-49(46)61(50)45-32-30-40(31-33-45)44-21-12-20-43(36-44)38-16-6-2-7-17-38;1-4-14-33(15-5-1)37-20-12-21-38(32-37)34-26-28-39(29-27-34)55-43-24-11-10-22-40(43)47-44(55)31-30-41-46-42(23-13-25-45(46)56-48(41)47)51-53-49(35-16-6-2-7-17-35)52-50(54-51)36-18-8-3-9-19-36/h1-36,47,54H;1-32,41,48H. The lowest BCUT2D eigenvalue weighted by Gasteiger charge is -2.23. The normalized spacial score (nSPS) is 15.0. The number of fused-ring (bicyclic) bond motifs is 14. The summed E-state index contributed by atoms with van der Waals surface area (Å²) in [6.07, 6.45) is 8.74. The first-order chi connectivity index (χ1) is 58.5. The highest BCUT2D eigenvalue weighted by Gasteiger charge is 2.44. The Labute approximate surface area is 683 Å². The molecule has 10 heteroatoms. The maximum atomic E-state index is 7.03. The maximum absolute atomic E-state index is 7.03. The van der Waals surface area contributed by atoms with E-state index in [1.165, 1.54) is 72.0 Å². The third-order valence-corrected chi connectivity index (χ3v) is 23.3. The van der Waals surface area contributed by atoms with Gasteiger partial charge in [-0.25, -0.2) is 29.9 Å². The second-order valence-electron chi connectivity index (χ2n) is 30.2. The van der Waals surface area contributed by atoms with Crippen LogP contribution in [0.15, 0.2) is 400 Å². The number of benzene rings is 15. The molecular weight excluding hydrogens is 1440 g/mol. The van der Waals surface area contributed by atoms with Gasteiger partial charge in [-0.15, -0.1) is 0 Å². The van der Waals surface area contributed by atoms with Crippen LogP contribution in [0.2, 0.25) is 0 Å². The molecule has 4 aliphatic rings. The number of ether oxygens (including phenoxy) is 2. The van der Waals surface area contributed by atoms with Crippen molar-refractivity contribution in [3.05, 3.63) is 434 Å². The van der Waals surface area contributed by atoms with Crippen LogP contribution >= 0.6 is 0 Å². The Kier molecular flexibility index (Phi) is 17.3. The third kappa shape index (κ3) is 12.5. The minimum Gasteiger partial charge on any atom is -0.484 e. The minimum absolute atomic E-state index is 0.0238. The largest absolute Gasteiger partial charge is 0.484 e. The fraction of sp³-hybridized carbons (Fsp3) is 0.0370. The minimum atomic E-state index is -0.224. The second-order valence-corrected chi connectivity index (χ2v) is 30.2. The van der Waals surface area contributed by atoms with E-state index in [1.54, 1.807) is 0 Å². The van der Waals surface area contributed by atoms with Crippen LogP contribution in [0.25, 0.3) is 169 Å². The molecule has 2 aliphatic carbocycles. The molecule has 15 aromatic carbocycles. The van der Waals surface area contributed by atoms with Gasteiger partial charge in [0.1, 0.15) is 23.7 Å². The van der Waals surface area contributed by atoms with E-state index in [2.05, 4.69) is 319 Å². The van der Waals surface area contributed by atoms with Gasteiger partial charge in [0, 0.05) is 89.6 Å². The molecule has 0 spiro atoms. The molecule has 23 rings (SSSR count). The molecule has 4 unspecified atom stereocenters. The lowest BCUT2D eigenvalue weighted by molar-refractivity contribution is 0.224. The van der Waals surface area contributed by atoms with Gasteiger partial charge in [-0.2, -0.15) is 0 Å². The zero-order valence-electron chi connectivity index (χ0n) is 64.0. The first kappa shape index (κ1) is 69.2. The van der Waals surface area contributed by atoms with Crippen molar-refractivity contribution in [2.45, 2.75) is 24.0 Å². The van der Waals surface area contributed by atoms with Crippen molar-refractivity contribution in [3.63, 3.8) is 0 Å². The summed E-state index contributed by atoms with van der Waals surface area (Å²) in [7, 11) is 0. The summed E-state index contributed by atoms with van der Waals surface area (Å²) in [4.78, 5) is 30.5. The molecule has 19 aromatic rings. The molecular formula is C108H72N8O2. The number of hydrogen-bond acceptors (Lipinski definition) is 8. The van der Waals surface area contributed by atoms with Crippen molar-refractivity contribution >= 4 is 34.0 Å². The monoisotopic (exact) mass is 1510 g/mol. The van der Waals surface area contributed by atoms with Crippen LogP contribution in [-0.2, 0) is 0 Å². The van der Waals surface area contributed by atoms with Gasteiger partial charge in [0.25, 0.3) is 0 Å². The van der Waals surface area contributed by atoms with Gasteiger partial charge >= 0.3 is 0 Å². The summed E-state index contributed by atoms with van der Waals surface area (Å²) in [5.41, 5.74) is 28.9. The fourth-order valence-corrected chi connectivity index (χ4v) is 17.7. The van der Waals surface area contributed by atoms with Gasteiger partial charge in [0.05, 0.1) is 22.4 Å². The summed E-state index contributed by atoms with van der Waals surface area (Å²) in [6, 6.07) is 136. The molecule has 0 N–H and O–H groups in total. The van der Waals surface area contributed by atoms with Gasteiger partial charge in [0.2, 0.25) is 0 Å². The maximum Gasteiger partial charge on any atom is 0.164 e. The average molecular weight is 1510 g/mol. The predicted octanol–water partition coefficient (Wildman–Crippen LogP) is 26.5. The highest BCUT2D eigenvalue weighted by molar-refractivity contribution is 5.95. The Morgan fingerprint density at radius 1 is 0.212 bits per heavy atom. The number of hydrogen-bond donors (Lipinski definition) is 0. The van der Waals surface area contributed by atoms with Crippen LogP contribution in [0.3, 0.4) is 0 Å². The molecule has 6 heterocycles. The Morgan fingerprint density at radius 2 is 0.475 bits per heavy atom. The molecule has 0 saturated heterocycles. The second kappa shape index (κ2) is 29.5. The van der Waals surface area contributed by atoms with E-state index in [1.807, 2.05) is 103 Å². The van der Waals surface area contributed by atoms with Crippen molar-refractivity contribution in [2.75, 3.05) is 0 Å². The highest BCUT2D eigenvalue weighted by atomic mass is 16.5. The Hall–Kier alpha value is -15.5. The first-order valence-corrected chi connectivity index (χ1v) is 40.1. The topological polar surface area (TPSA) is 106 Å². The molecule has 556 valence electrons. The molecule has 4 atom stereocenters. The van der Waals surface area contributed by atoms with E-state index in [9.17, 15) is 0 Å². The lowest BCUT2D eigenvalue weighted by Crippen LogP contribution is -2.14. The highest BCUT2D eigenvalue weighted by Crippen LogP contribution is 2.58. The summed E-state index contributed by atoms with van der Waals surface area (Å²) < 4.78 is 18.8. The molecule has 0 saturated carbocycles. The molecule has 0 fully saturated rings. The van der Waals surface area contributed by atoms with Gasteiger partial charge in [-0.1, -0.05) is 340 Å². The quantitative estimate of drug-likeness (QED) is 0.112. The summed E-state index contributed by atoms with van der Waals surface area (Å²) >= 11 is 0. The van der Waals surface area contributed by atoms with E-state index >= 15 is 0 Å². The number of aromatic nitrogens is 8. The van der Waals surface area contributed by atoms with Crippen LogP contribution < -0.4 is 9.47 Å². The van der Waals surface area contributed by atoms with Gasteiger partial charge in [-0.3, -0.25) is 0 Å². The van der Waals surface area contributed by atoms with E-state index in [0.717, 1.165) is 95.4 Å². The van der Waals surface area contributed by atoms with Crippen LogP contribution in [0, 0.1) is 0 Å². The third-order valence-electron chi connectivity index (χ3n) is 23.3. The van der Waals surface area contributed by atoms with Crippen molar-refractivity contribution in [1.82, 2.24) is 39.0 Å². The van der Waals surface area contributed by atoms with E-state index in [-0.39, 0.29) is 24.0 Å². The molecule has 118 heavy (non-hydrogen) atoms. The Morgan fingerprint density at radius 3 is 0.839 bits per heavy atom. The number of rotatable bonds is 13. The fourth-order valence-electron chi connectivity index (χ4n) is 17.7.